The summed E-state index contributed by atoms with van der Waals surface area (Å²) in [5.74, 6) is 5.80. The fourth-order valence-corrected chi connectivity index (χ4v) is 0.936. The molecule has 9 heavy (non-hydrogen) atoms. The Morgan fingerprint density at radius 2 is 2.56 bits per heavy atom. The third kappa shape index (κ3) is 1.33. The molecular formula is C7H12N2. The number of hydrazine groups is 1. The van der Waals surface area contributed by atoms with Gasteiger partial charge < -0.3 is 5.43 Å². The van der Waals surface area contributed by atoms with Crippen LogP contribution in [0.25, 0.3) is 0 Å². The molecule has 0 bridgehead atoms. The molecule has 1 aliphatic rings. The Hall–Kier alpha value is -0.760. The van der Waals surface area contributed by atoms with Crippen molar-refractivity contribution in [2.75, 3.05) is 0 Å². The van der Waals surface area contributed by atoms with Crippen molar-refractivity contribution in [1.29, 1.82) is 0 Å². The van der Waals surface area contributed by atoms with Crippen molar-refractivity contribution in [2.24, 2.45) is 11.8 Å². The smallest absolute Gasteiger partial charge is 0.0290 e. The number of allylic oxidation sites excluding steroid dienone is 4. The van der Waals surface area contributed by atoms with Crippen LogP contribution >= 0.6 is 0 Å². The lowest BCUT2D eigenvalue weighted by molar-refractivity contribution is 0.617. The fourth-order valence-electron chi connectivity index (χ4n) is 0.936. The Bertz CT molecular complexity index is 147. The summed E-state index contributed by atoms with van der Waals surface area (Å²) in [7, 11) is 0. The van der Waals surface area contributed by atoms with Crippen LogP contribution in [0, 0.1) is 5.92 Å². The van der Waals surface area contributed by atoms with Gasteiger partial charge in [0.1, 0.15) is 0 Å². The van der Waals surface area contributed by atoms with Gasteiger partial charge in [-0.2, -0.15) is 0 Å². The minimum Gasteiger partial charge on any atom is -0.328 e. The first-order valence-electron chi connectivity index (χ1n) is 3.18. The van der Waals surface area contributed by atoms with Crippen LogP contribution in [0.4, 0.5) is 0 Å². The average Bonchev–Trinajstić information content (AvgIpc) is 1.89. The SMILES string of the molecule is CC1CC=CC=C1NN. The lowest BCUT2D eigenvalue weighted by Crippen LogP contribution is -2.25. The van der Waals surface area contributed by atoms with Gasteiger partial charge in [-0.15, -0.1) is 0 Å². The quantitative estimate of drug-likeness (QED) is 0.403. The van der Waals surface area contributed by atoms with Crippen LogP contribution in [0.15, 0.2) is 23.9 Å². The first kappa shape index (κ1) is 6.36. The lowest BCUT2D eigenvalue weighted by atomic mass is 10.00. The highest BCUT2D eigenvalue weighted by atomic mass is 15.2. The monoisotopic (exact) mass is 124 g/mol. The maximum Gasteiger partial charge on any atom is 0.0290 e. The van der Waals surface area contributed by atoms with Gasteiger partial charge in [0.2, 0.25) is 0 Å². The fraction of sp³-hybridized carbons (Fsp3) is 0.429. The van der Waals surface area contributed by atoms with E-state index >= 15 is 0 Å². The van der Waals surface area contributed by atoms with Crippen LogP contribution in [-0.4, -0.2) is 0 Å². The van der Waals surface area contributed by atoms with Gasteiger partial charge in [0, 0.05) is 11.6 Å². The molecule has 1 rings (SSSR count). The van der Waals surface area contributed by atoms with Gasteiger partial charge >= 0.3 is 0 Å². The van der Waals surface area contributed by atoms with Gasteiger partial charge in [0.05, 0.1) is 0 Å². The van der Waals surface area contributed by atoms with Gasteiger partial charge in [0.25, 0.3) is 0 Å². The lowest BCUT2D eigenvalue weighted by Gasteiger charge is -2.15. The van der Waals surface area contributed by atoms with E-state index in [1.807, 2.05) is 12.2 Å². The third-order valence-electron chi connectivity index (χ3n) is 1.60. The highest BCUT2D eigenvalue weighted by Crippen LogP contribution is 2.15. The maximum atomic E-state index is 5.24. The van der Waals surface area contributed by atoms with Crippen molar-refractivity contribution >= 4 is 0 Å². The molecule has 1 aliphatic carbocycles. The van der Waals surface area contributed by atoms with Gasteiger partial charge in [-0.1, -0.05) is 19.1 Å². The number of hydrogen-bond donors (Lipinski definition) is 2. The summed E-state index contributed by atoms with van der Waals surface area (Å²) in [4.78, 5) is 0. The Balaban J connectivity index is 2.63. The molecule has 1 unspecified atom stereocenters. The van der Waals surface area contributed by atoms with Gasteiger partial charge in [-0.3, -0.25) is 5.84 Å². The Kier molecular flexibility index (Phi) is 1.90. The predicted octanol–water partition coefficient (Wildman–Crippen LogP) is 0.930. The van der Waals surface area contributed by atoms with E-state index in [1.165, 1.54) is 0 Å². The van der Waals surface area contributed by atoms with Crippen LogP contribution in [0.3, 0.4) is 0 Å². The van der Waals surface area contributed by atoms with E-state index in [1.54, 1.807) is 0 Å². The van der Waals surface area contributed by atoms with Crippen molar-refractivity contribution in [1.82, 2.24) is 5.43 Å². The van der Waals surface area contributed by atoms with Crippen LogP contribution in [0.1, 0.15) is 13.3 Å². The summed E-state index contributed by atoms with van der Waals surface area (Å²) in [6, 6.07) is 0. The molecule has 0 heterocycles. The first-order chi connectivity index (χ1) is 4.34. The Labute approximate surface area is 55.4 Å². The molecule has 0 radical (unpaired) electrons. The molecule has 0 amide bonds. The zero-order valence-corrected chi connectivity index (χ0v) is 5.59. The molecule has 1 atom stereocenters. The van der Waals surface area contributed by atoms with Gasteiger partial charge in [0.15, 0.2) is 0 Å². The van der Waals surface area contributed by atoms with E-state index in [0.29, 0.717) is 5.92 Å². The number of nitrogens with two attached hydrogens (primary N) is 1. The molecule has 2 heteroatoms. The maximum absolute atomic E-state index is 5.24. The van der Waals surface area contributed by atoms with E-state index in [9.17, 15) is 0 Å². The second-order valence-electron chi connectivity index (χ2n) is 2.33. The number of hydrogen-bond acceptors (Lipinski definition) is 2. The van der Waals surface area contributed by atoms with Crippen molar-refractivity contribution in [3.63, 3.8) is 0 Å². The van der Waals surface area contributed by atoms with E-state index in [4.69, 9.17) is 5.84 Å². The first-order valence-corrected chi connectivity index (χ1v) is 3.18. The normalized spacial score (nSPS) is 25.6. The van der Waals surface area contributed by atoms with Crippen LogP contribution < -0.4 is 11.3 Å². The van der Waals surface area contributed by atoms with E-state index in [2.05, 4.69) is 18.4 Å². The van der Waals surface area contributed by atoms with E-state index in [-0.39, 0.29) is 0 Å². The summed E-state index contributed by atoms with van der Waals surface area (Å²) in [5.41, 5.74) is 3.79. The predicted molar refractivity (Wildman–Crippen MR) is 38.3 cm³/mol. The van der Waals surface area contributed by atoms with E-state index < -0.39 is 0 Å². The molecular weight excluding hydrogens is 112 g/mol. The molecule has 2 nitrogen and oxygen atoms in total. The molecule has 50 valence electrons. The summed E-state index contributed by atoms with van der Waals surface area (Å²) >= 11 is 0. The topological polar surface area (TPSA) is 38.0 Å². The largest absolute Gasteiger partial charge is 0.328 e. The van der Waals surface area contributed by atoms with Crippen molar-refractivity contribution in [3.05, 3.63) is 23.9 Å². The summed E-state index contributed by atoms with van der Waals surface area (Å²) in [5, 5.41) is 0. The Morgan fingerprint density at radius 1 is 1.78 bits per heavy atom. The molecule has 0 aromatic rings. The van der Waals surface area contributed by atoms with Crippen molar-refractivity contribution in [3.8, 4) is 0 Å². The second-order valence-corrected chi connectivity index (χ2v) is 2.33. The van der Waals surface area contributed by atoms with Crippen molar-refractivity contribution < 1.29 is 0 Å². The molecule has 0 saturated carbocycles. The molecule has 3 N–H and O–H groups in total. The minimum absolute atomic E-state index is 0.556. The summed E-state index contributed by atoms with van der Waals surface area (Å²) in [6.45, 7) is 2.15. The van der Waals surface area contributed by atoms with Crippen LogP contribution in [-0.2, 0) is 0 Å². The van der Waals surface area contributed by atoms with Crippen LogP contribution in [0.5, 0.6) is 0 Å². The van der Waals surface area contributed by atoms with E-state index in [0.717, 1.165) is 12.1 Å². The van der Waals surface area contributed by atoms with Crippen molar-refractivity contribution in [2.45, 2.75) is 13.3 Å². The Morgan fingerprint density at radius 3 is 3.00 bits per heavy atom. The van der Waals surface area contributed by atoms with Crippen LogP contribution in [0.2, 0.25) is 0 Å². The molecule has 0 spiro atoms. The van der Waals surface area contributed by atoms with Gasteiger partial charge in [-0.05, 0) is 12.5 Å². The minimum atomic E-state index is 0.556. The summed E-state index contributed by atoms with van der Waals surface area (Å²) < 4.78 is 0. The zero-order chi connectivity index (χ0) is 6.69. The molecule has 0 aromatic carbocycles. The zero-order valence-electron chi connectivity index (χ0n) is 5.59. The standard InChI is InChI=1S/C7H12N2/c1-6-4-2-3-5-7(6)9-8/h2-3,5-6,9H,4,8H2,1H3. The molecule has 0 saturated heterocycles. The number of rotatable bonds is 1. The highest BCUT2D eigenvalue weighted by Gasteiger charge is 2.06. The second kappa shape index (κ2) is 2.69. The van der Waals surface area contributed by atoms with Gasteiger partial charge in [-0.25, -0.2) is 0 Å². The molecule has 0 aliphatic heterocycles. The third-order valence-corrected chi connectivity index (χ3v) is 1.60. The molecule has 0 aromatic heterocycles. The average molecular weight is 124 g/mol. The highest BCUT2D eigenvalue weighted by molar-refractivity contribution is 5.18. The number of nitrogens with one attached hydrogen (secondary N) is 1. The summed E-state index contributed by atoms with van der Waals surface area (Å²) in [6.07, 6.45) is 7.27. The molecule has 0 fully saturated rings.